The summed E-state index contributed by atoms with van der Waals surface area (Å²) < 4.78 is 22.9. The molecule has 0 spiro atoms. The van der Waals surface area contributed by atoms with Crippen molar-refractivity contribution >= 4 is 39.0 Å². The zero-order valence-electron chi connectivity index (χ0n) is 11.4. The molecule has 21 heavy (non-hydrogen) atoms. The molecular formula is C13H16ClNO5S. The topological polar surface area (TPSA) is 101 Å². The van der Waals surface area contributed by atoms with Crippen LogP contribution in [0.15, 0.2) is 23.1 Å². The van der Waals surface area contributed by atoms with Crippen molar-refractivity contribution in [3.8, 4) is 0 Å². The van der Waals surface area contributed by atoms with Crippen molar-refractivity contribution < 1.29 is 23.1 Å². The monoisotopic (exact) mass is 333 g/mol. The predicted octanol–water partition coefficient (Wildman–Crippen LogP) is 2.33. The molecule has 0 aliphatic rings. The van der Waals surface area contributed by atoms with Crippen LogP contribution in [-0.4, -0.2) is 31.7 Å². The fourth-order valence-electron chi connectivity index (χ4n) is 1.61. The highest BCUT2D eigenvalue weighted by Crippen LogP contribution is 2.25. The molecule has 8 heteroatoms. The quantitative estimate of drug-likeness (QED) is 0.746. The lowest BCUT2D eigenvalue weighted by atomic mass is 10.2. The summed E-state index contributed by atoms with van der Waals surface area (Å²) in [6, 6.07) is 4.06. The highest BCUT2D eigenvalue weighted by molar-refractivity contribution is 7.90. The molecule has 2 N–H and O–H groups in total. The maximum atomic E-state index is 11.7. The van der Waals surface area contributed by atoms with Crippen LogP contribution in [0.4, 0.5) is 5.69 Å². The van der Waals surface area contributed by atoms with Crippen LogP contribution in [0.3, 0.4) is 0 Å². The van der Waals surface area contributed by atoms with E-state index in [0.717, 1.165) is 6.26 Å². The van der Waals surface area contributed by atoms with Gasteiger partial charge in [-0.15, -0.1) is 0 Å². The molecule has 0 aliphatic carbocycles. The smallest absolute Gasteiger partial charge is 0.303 e. The van der Waals surface area contributed by atoms with Crippen molar-refractivity contribution in [2.24, 2.45) is 0 Å². The number of sulfone groups is 1. The van der Waals surface area contributed by atoms with Crippen LogP contribution in [-0.2, 0) is 19.4 Å². The SMILES string of the molecule is CS(=O)(=O)c1ccc(Cl)c(NC(=O)CCCCC(=O)O)c1. The molecule has 0 fully saturated rings. The number of carboxylic acid groups (broad SMARTS) is 1. The number of hydrogen-bond donors (Lipinski definition) is 2. The molecular weight excluding hydrogens is 318 g/mol. The number of benzene rings is 1. The fraction of sp³-hybridized carbons (Fsp3) is 0.385. The minimum Gasteiger partial charge on any atom is -0.481 e. The van der Waals surface area contributed by atoms with Gasteiger partial charge in [0.1, 0.15) is 0 Å². The van der Waals surface area contributed by atoms with E-state index in [1.165, 1.54) is 18.2 Å². The Bertz CT molecular complexity index is 642. The highest BCUT2D eigenvalue weighted by Gasteiger charge is 2.12. The number of anilines is 1. The average molecular weight is 334 g/mol. The lowest BCUT2D eigenvalue weighted by Crippen LogP contribution is -2.12. The summed E-state index contributed by atoms with van der Waals surface area (Å²) >= 11 is 5.91. The molecule has 1 amide bonds. The van der Waals surface area contributed by atoms with E-state index in [1.807, 2.05) is 0 Å². The van der Waals surface area contributed by atoms with Crippen molar-refractivity contribution in [2.75, 3.05) is 11.6 Å². The van der Waals surface area contributed by atoms with Crippen LogP contribution in [0.25, 0.3) is 0 Å². The number of carboxylic acids is 1. The molecule has 0 radical (unpaired) electrons. The first-order valence-corrected chi connectivity index (χ1v) is 8.48. The van der Waals surface area contributed by atoms with E-state index in [9.17, 15) is 18.0 Å². The van der Waals surface area contributed by atoms with E-state index >= 15 is 0 Å². The third-order valence-electron chi connectivity index (χ3n) is 2.68. The van der Waals surface area contributed by atoms with Crippen LogP contribution >= 0.6 is 11.6 Å². The van der Waals surface area contributed by atoms with Crippen LogP contribution in [0.2, 0.25) is 5.02 Å². The lowest BCUT2D eigenvalue weighted by Gasteiger charge is -2.08. The van der Waals surface area contributed by atoms with Crippen molar-refractivity contribution in [1.82, 2.24) is 0 Å². The Morgan fingerprint density at radius 3 is 2.43 bits per heavy atom. The van der Waals surface area contributed by atoms with Gasteiger partial charge < -0.3 is 10.4 Å². The molecule has 116 valence electrons. The standard InChI is InChI=1S/C13H16ClNO5S/c1-21(19,20)9-6-7-10(14)11(8-9)15-12(16)4-2-3-5-13(17)18/h6-8H,2-5H2,1H3,(H,15,16)(H,17,18). The van der Waals surface area contributed by atoms with E-state index in [1.54, 1.807) is 0 Å². The zero-order valence-corrected chi connectivity index (χ0v) is 13.0. The molecule has 1 rings (SSSR count). The number of halogens is 1. The average Bonchev–Trinajstić information content (AvgIpc) is 2.36. The number of aliphatic carboxylic acids is 1. The lowest BCUT2D eigenvalue weighted by molar-refractivity contribution is -0.137. The summed E-state index contributed by atoms with van der Waals surface area (Å²) in [6.45, 7) is 0. The molecule has 0 aromatic heterocycles. The molecule has 6 nitrogen and oxygen atoms in total. The van der Waals surface area contributed by atoms with Gasteiger partial charge in [0.15, 0.2) is 9.84 Å². The Morgan fingerprint density at radius 2 is 1.86 bits per heavy atom. The maximum absolute atomic E-state index is 11.7. The maximum Gasteiger partial charge on any atom is 0.303 e. The van der Waals surface area contributed by atoms with E-state index in [4.69, 9.17) is 16.7 Å². The van der Waals surface area contributed by atoms with Gasteiger partial charge in [-0.3, -0.25) is 9.59 Å². The van der Waals surface area contributed by atoms with Gasteiger partial charge in [-0.05, 0) is 31.0 Å². The Labute approximate surface area is 128 Å². The first-order chi connectivity index (χ1) is 9.70. The Morgan fingerprint density at radius 1 is 1.24 bits per heavy atom. The van der Waals surface area contributed by atoms with Crippen molar-refractivity contribution in [3.63, 3.8) is 0 Å². The van der Waals surface area contributed by atoms with Gasteiger partial charge >= 0.3 is 5.97 Å². The zero-order chi connectivity index (χ0) is 16.0. The molecule has 1 aromatic carbocycles. The highest BCUT2D eigenvalue weighted by atomic mass is 35.5. The second-order valence-electron chi connectivity index (χ2n) is 4.56. The van der Waals surface area contributed by atoms with Gasteiger partial charge in [0, 0.05) is 19.1 Å². The first kappa shape index (κ1) is 17.5. The number of unbranched alkanes of at least 4 members (excludes halogenated alkanes) is 1. The van der Waals surface area contributed by atoms with Crippen LogP contribution in [0, 0.1) is 0 Å². The minimum atomic E-state index is -3.38. The van der Waals surface area contributed by atoms with E-state index < -0.39 is 15.8 Å². The third kappa shape index (κ3) is 6.14. The van der Waals surface area contributed by atoms with Gasteiger partial charge in [0.05, 0.1) is 15.6 Å². The van der Waals surface area contributed by atoms with E-state index in [0.29, 0.717) is 12.8 Å². The van der Waals surface area contributed by atoms with Crippen molar-refractivity contribution in [3.05, 3.63) is 23.2 Å². The van der Waals surface area contributed by atoms with Gasteiger partial charge in [0.25, 0.3) is 0 Å². The molecule has 0 saturated heterocycles. The third-order valence-corrected chi connectivity index (χ3v) is 4.12. The van der Waals surface area contributed by atoms with Crippen molar-refractivity contribution in [1.29, 1.82) is 0 Å². The Balaban J connectivity index is 2.65. The minimum absolute atomic E-state index is 0.0115. The summed E-state index contributed by atoms with van der Waals surface area (Å²) in [5, 5.41) is 11.2. The summed E-state index contributed by atoms with van der Waals surface area (Å²) in [4.78, 5) is 22.1. The second kappa shape index (κ2) is 7.42. The van der Waals surface area contributed by atoms with Gasteiger partial charge in [-0.25, -0.2) is 8.42 Å². The van der Waals surface area contributed by atoms with Crippen LogP contribution in [0.1, 0.15) is 25.7 Å². The molecule has 0 saturated carbocycles. The molecule has 1 aromatic rings. The molecule has 0 atom stereocenters. The number of carbonyl (C=O) groups is 2. The first-order valence-electron chi connectivity index (χ1n) is 6.21. The predicted molar refractivity (Wildman–Crippen MR) is 79.3 cm³/mol. The van der Waals surface area contributed by atoms with Gasteiger partial charge in [0.2, 0.25) is 5.91 Å². The second-order valence-corrected chi connectivity index (χ2v) is 6.99. The van der Waals surface area contributed by atoms with Crippen LogP contribution in [0.5, 0.6) is 0 Å². The van der Waals surface area contributed by atoms with E-state index in [2.05, 4.69) is 5.32 Å². The van der Waals surface area contributed by atoms with Gasteiger partial charge in [-0.1, -0.05) is 11.6 Å². The number of rotatable bonds is 7. The fourth-order valence-corrected chi connectivity index (χ4v) is 2.42. The van der Waals surface area contributed by atoms with Gasteiger partial charge in [-0.2, -0.15) is 0 Å². The summed E-state index contributed by atoms with van der Waals surface area (Å²) in [7, 11) is -3.38. The van der Waals surface area contributed by atoms with E-state index in [-0.39, 0.29) is 34.4 Å². The summed E-state index contributed by atoms with van der Waals surface area (Å²) in [5.74, 6) is -1.24. The van der Waals surface area contributed by atoms with Crippen LogP contribution < -0.4 is 5.32 Å². The summed E-state index contributed by atoms with van der Waals surface area (Å²) in [5.41, 5.74) is 0.225. The normalized spacial score (nSPS) is 11.1. The number of amides is 1. The molecule has 0 bridgehead atoms. The summed E-state index contributed by atoms with van der Waals surface area (Å²) in [6.07, 6.45) is 2.05. The number of hydrogen-bond acceptors (Lipinski definition) is 4. The largest absolute Gasteiger partial charge is 0.481 e. The molecule has 0 heterocycles. The number of carbonyl (C=O) groups excluding carboxylic acids is 1. The van der Waals surface area contributed by atoms with Crippen molar-refractivity contribution in [2.45, 2.75) is 30.6 Å². The molecule has 0 aliphatic heterocycles. The Kier molecular flexibility index (Phi) is 6.17. The Hall–Kier alpha value is -1.60. The molecule has 0 unspecified atom stereocenters. The number of nitrogens with one attached hydrogen (secondary N) is 1.